The predicted molar refractivity (Wildman–Crippen MR) is 146 cm³/mol. The van der Waals surface area contributed by atoms with Crippen molar-refractivity contribution in [2.75, 3.05) is 0 Å². The first-order chi connectivity index (χ1) is 18.1. The Bertz CT molecular complexity index is 1510. The minimum absolute atomic E-state index is 0.0583. The van der Waals surface area contributed by atoms with Crippen molar-refractivity contribution >= 4 is 10.9 Å². The maximum absolute atomic E-state index is 13.2. The molecule has 0 saturated heterocycles. The van der Waals surface area contributed by atoms with E-state index < -0.39 is 0 Å². The van der Waals surface area contributed by atoms with Crippen molar-refractivity contribution in [3.63, 3.8) is 0 Å². The number of nitrogens with zero attached hydrogens (tertiary/aromatic N) is 5. The molecule has 0 amide bonds. The van der Waals surface area contributed by atoms with E-state index in [0.29, 0.717) is 19.6 Å². The summed E-state index contributed by atoms with van der Waals surface area (Å²) in [6.07, 6.45) is 1.83. The Balaban J connectivity index is 1.53. The molecule has 0 aliphatic rings. The zero-order valence-corrected chi connectivity index (χ0v) is 21.3. The van der Waals surface area contributed by atoms with E-state index in [-0.39, 0.29) is 11.6 Å². The van der Waals surface area contributed by atoms with E-state index in [2.05, 4.69) is 68.7 Å². The number of nitrogens with one attached hydrogen (secondary N) is 1. The second-order valence-electron chi connectivity index (χ2n) is 9.59. The van der Waals surface area contributed by atoms with Gasteiger partial charge in [-0.1, -0.05) is 86.1 Å². The van der Waals surface area contributed by atoms with E-state index in [1.165, 1.54) is 5.56 Å². The lowest BCUT2D eigenvalue weighted by atomic mass is 10.0. The van der Waals surface area contributed by atoms with Gasteiger partial charge in [-0.05, 0) is 58.0 Å². The molecular formula is C30H32N6O. The summed E-state index contributed by atoms with van der Waals surface area (Å²) in [7, 11) is 0. The van der Waals surface area contributed by atoms with Gasteiger partial charge in [-0.25, -0.2) is 4.68 Å². The summed E-state index contributed by atoms with van der Waals surface area (Å²) in [5.41, 5.74) is 4.97. The molecule has 0 bridgehead atoms. The second-order valence-corrected chi connectivity index (χ2v) is 9.59. The van der Waals surface area contributed by atoms with Crippen molar-refractivity contribution in [3.8, 4) is 0 Å². The zero-order valence-electron chi connectivity index (χ0n) is 21.3. The fraction of sp³-hybridized carbons (Fsp3) is 0.267. The molecule has 0 radical (unpaired) electrons. The highest BCUT2D eigenvalue weighted by molar-refractivity contribution is 5.79. The molecule has 7 heteroatoms. The van der Waals surface area contributed by atoms with Crippen LogP contribution >= 0.6 is 0 Å². The molecule has 37 heavy (non-hydrogen) atoms. The number of pyridine rings is 1. The zero-order chi connectivity index (χ0) is 25.6. The van der Waals surface area contributed by atoms with Gasteiger partial charge < -0.3 is 4.98 Å². The SMILES string of the molecule is CCCC(c1nnnn1Cc1ccccc1)N(Cc1ccccc1)Cc1cc2ccc(C)cc2[nH]c1=O. The Hall–Kier alpha value is -4.10. The van der Waals surface area contributed by atoms with Gasteiger partial charge in [0, 0.05) is 24.2 Å². The molecule has 3 aromatic carbocycles. The van der Waals surface area contributed by atoms with E-state index >= 15 is 0 Å². The molecular weight excluding hydrogens is 460 g/mol. The van der Waals surface area contributed by atoms with Gasteiger partial charge >= 0.3 is 0 Å². The molecule has 5 aromatic rings. The van der Waals surface area contributed by atoms with Gasteiger partial charge in [-0.3, -0.25) is 9.69 Å². The number of hydrogen-bond donors (Lipinski definition) is 1. The minimum atomic E-state index is -0.0599. The summed E-state index contributed by atoms with van der Waals surface area (Å²) in [5.74, 6) is 0.814. The van der Waals surface area contributed by atoms with Gasteiger partial charge in [0.1, 0.15) is 0 Å². The Morgan fingerprint density at radius 2 is 1.65 bits per heavy atom. The van der Waals surface area contributed by atoms with E-state index in [9.17, 15) is 4.79 Å². The summed E-state index contributed by atoms with van der Waals surface area (Å²) in [4.78, 5) is 18.6. The van der Waals surface area contributed by atoms with Crippen LogP contribution in [-0.4, -0.2) is 30.1 Å². The van der Waals surface area contributed by atoms with Crippen LogP contribution < -0.4 is 5.56 Å². The molecule has 2 heterocycles. The summed E-state index contributed by atoms with van der Waals surface area (Å²) in [6.45, 7) is 5.96. The van der Waals surface area contributed by atoms with Gasteiger partial charge in [0.2, 0.25) is 0 Å². The van der Waals surface area contributed by atoms with Crippen molar-refractivity contribution in [1.82, 2.24) is 30.1 Å². The van der Waals surface area contributed by atoms with E-state index in [1.54, 1.807) is 0 Å². The highest BCUT2D eigenvalue weighted by atomic mass is 16.1. The fourth-order valence-corrected chi connectivity index (χ4v) is 4.86. The van der Waals surface area contributed by atoms with E-state index in [0.717, 1.165) is 46.3 Å². The molecule has 0 aliphatic carbocycles. The molecule has 188 valence electrons. The first-order valence-electron chi connectivity index (χ1n) is 12.8. The first kappa shape index (κ1) is 24.6. The van der Waals surface area contributed by atoms with Crippen molar-refractivity contribution in [2.24, 2.45) is 0 Å². The number of fused-ring (bicyclic) bond motifs is 1. The largest absolute Gasteiger partial charge is 0.322 e. The molecule has 0 aliphatic heterocycles. The maximum atomic E-state index is 13.2. The number of aromatic nitrogens is 5. The Morgan fingerprint density at radius 3 is 2.38 bits per heavy atom. The Labute approximate surface area is 216 Å². The van der Waals surface area contributed by atoms with Gasteiger partial charge in [-0.2, -0.15) is 0 Å². The minimum Gasteiger partial charge on any atom is -0.322 e. The Morgan fingerprint density at radius 1 is 0.919 bits per heavy atom. The third kappa shape index (κ3) is 5.84. The third-order valence-corrected chi connectivity index (χ3v) is 6.72. The smallest absolute Gasteiger partial charge is 0.252 e. The molecule has 1 atom stereocenters. The van der Waals surface area contributed by atoms with Crippen LogP contribution in [-0.2, 0) is 19.6 Å². The summed E-state index contributed by atoms with van der Waals surface area (Å²) in [6, 6.07) is 28.7. The van der Waals surface area contributed by atoms with Crippen molar-refractivity contribution in [1.29, 1.82) is 0 Å². The lowest BCUT2D eigenvalue weighted by Gasteiger charge is -2.31. The van der Waals surface area contributed by atoms with Crippen molar-refractivity contribution in [2.45, 2.75) is 52.4 Å². The summed E-state index contributed by atoms with van der Waals surface area (Å²) < 4.78 is 1.89. The van der Waals surface area contributed by atoms with Crippen LogP contribution in [0, 0.1) is 6.92 Å². The van der Waals surface area contributed by atoms with Crippen molar-refractivity contribution in [3.05, 3.63) is 123 Å². The quantitative estimate of drug-likeness (QED) is 0.282. The molecule has 5 rings (SSSR count). The Kier molecular flexibility index (Phi) is 7.51. The van der Waals surface area contributed by atoms with Crippen molar-refractivity contribution < 1.29 is 0 Å². The molecule has 2 aromatic heterocycles. The molecule has 1 unspecified atom stereocenters. The summed E-state index contributed by atoms with van der Waals surface area (Å²) >= 11 is 0. The number of rotatable bonds is 10. The first-order valence-corrected chi connectivity index (χ1v) is 12.8. The molecule has 0 saturated carbocycles. The van der Waals surface area contributed by atoms with Crippen LogP contribution in [0.4, 0.5) is 0 Å². The predicted octanol–water partition coefficient (Wildman–Crippen LogP) is 5.41. The lowest BCUT2D eigenvalue weighted by molar-refractivity contribution is 0.156. The number of H-pyrrole nitrogens is 1. The highest BCUT2D eigenvalue weighted by Gasteiger charge is 2.27. The van der Waals surface area contributed by atoms with Gasteiger partial charge in [0.15, 0.2) is 5.82 Å². The monoisotopic (exact) mass is 492 g/mol. The molecule has 7 nitrogen and oxygen atoms in total. The maximum Gasteiger partial charge on any atom is 0.252 e. The lowest BCUT2D eigenvalue weighted by Crippen LogP contribution is -2.32. The fourth-order valence-electron chi connectivity index (χ4n) is 4.86. The van der Waals surface area contributed by atoms with Gasteiger partial charge in [0.25, 0.3) is 5.56 Å². The number of aryl methyl sites for hydroxylation is 1. The highest BCUT2D eigenvalue weighted by Crippen LogP contribution is 2.28. The van der Waals surface area contributed by atoms with Crippen LogP contribution in [0.3, 0.4) is 0 Å². The topological polar surface area (TPSA) is 79.7 Å². The van der Waals surface area contributed by atoms with Gasteiger partial charge in [-0.15, -0.1) is 5.10 Å². The second kappa shape index (κ2) is 11.3. The molecule has 1 N–H and O–H groups in total. The van der Waals surface area contributed by atoms with E-state index in [4.69, 9.17) is 0 Å². The molecule has 0 spiro atoms. The number of hydrogen-bond acceptors (Lipinski definition) is 5. The summed E-state index contributed by atoms with van der Waals surface area (Å²) in [5, 5.41) is 13.9. The number of benzene rings is 3. The van der Waals surface area contributed by atoms with Gasteiger partial charge in [0.05, 0.1) is 12.6 Å². The normalized spacial score (nSPS) is 12.3. The van der Waals surface area contributed by atoms with Crippen LogP contribution in [0.1, 0.15) is 53.9 Å². The standard InChI is InChI=1S/C30H32N6O/c1-3-10-28(29-32-33-34-36(29)20-24-13-8-5-9-14-24)35(19-23-11-6-4-7-12-23)21-26-18-25-16-15-22(2)17-27(25)31-30(26)37/h4-9,11-18,28H,3,10,19-21H2,1-2H3,(H,31,37). The van der Waals surface area contributed by atoms with Crippen LogP contribution in [0.15, 0.2) is 89.7 Å². The third-order valence-electron chi connectivity index (χ3n) is 6.72. The van der Waals surface area contributed by atoms with E-state index in [1.807, 2.05) is 60.1 Å². The number of aromatic amines is 1. The molecule has 0 fully saturated rings. The average Bonchev–Trinajstić information content (AvgIpc) is 3.36. The van der Waals surface area contributed by atoms with Crippen LogP contribution in [0.25, 0.3) is 10.9 Å². The van der Waals surface area contributed by atoms with Crippen LogP contribution in [0.2, 0.25) is 0 Å². The average molecular weight is 493 g/mol. The van der Waals surface area contributed by atoms with Crippen LogP contribution in [0.5, 0.6) is 0 Å². The number of tetrazole rings is 1.